The third-order valence-corrected chi connectivity index (χ3v) is 7.15. The molecule has 1 saturated heterocycles. The van der Waals surface area contributed by atoms with Gasteiger partial charge in [-0.05, 0) is 30.3 Å². The van der Waals surface area contributed by atoms with Crippen LogP contribution in [0.3, 0.4) is 0 Å². The minimum atomic E-state index is -4.38. The molecule has 4 aromatic rings. The van der Waals surface area contributed by atoms with Crippen molar-refractivity contribution in [3.8, 4) is 17.0 Å². The van der Waals surface area contributed by atoms with E-state index in [1.165, 1.54) is 7.11 Å². The molecule has 1 aromatic carbocycles. The summed E-state index contributed by atoms with van der Waals surface area (Å²) < 4.78 is 62.3. The maximum atomic E-state index is 14.2. The van der Waals surface area contributed by atoms with Crippen LogP contribution in [-0.4, -0.2) is 56.3 Å². The van der Waals surface area contributed by atoms with Crippen molar-refractivity contribution in [1.82, 2.24) is 19.9 Å². The molecule has 1 aliphatic rings. The number of sulfonamides is 1. The number of piperazine rings is 1. The standard InChI is InChI=1S/C23H22F2N6O3S/c1-34-23-19(29-35(32,33)22-3-2-17(24)12-18(22)25)10-15(13-27-23)16-11-21-20(4-5-28-31(21)14-16)30-8-6-26-7-9-30/h2-5,10-14,26,29H,6-9H2,1H3. The van der Waals surface area contributed by atoms with Crippen molar-refractivity contribution in [1.29, 1.82) is 0 Å². The molecule has 3 aromatic heterocycles. The first kappa shape index (κ1) is 23.0. The lowest BCUT2D eigenvalue weighted by Crippen LogP contribution is -2.43. The molecule has 0 radical (unpaired) electrons. The number of hydrogen-bond donors (Lipinski definition) is 2. The van der Waals surface area contributed by atoms with Gasteiger partial charge < -0.3 is 15.0 Å². The Hall–Kier alpha value is -3.77. The van der Waals surface area contributed by atoms with Crippen LogP contribution in [-0.2, 0) is 10.0 Å². The van der Waals surface area contributed by atoms with Gasteiger partial charge in [-0.25, -0.2) is 26.7 Å². The molecule has 5 rings (SSSR count). The molecule has 0 bridgehead atoms. The van der Waals surface area contributed by atoms with Gasteiger partial charge in [0.2, 0.25) is 5.88 Å². The Morgan fingerprint density at radius 2 is 1.89 bits per heavy atom. The van der Waals surface area contributed by atoms with Crippen molar-refractivity contribution in [2.45, 2.75) is 4.90 Å². The van der Waals surface area contributed by atoms with Gasteiger partial charge in [-0.3, -0.25) is 4.72 Å². The average molecular weight is 501 g/mol. The number of nitrogens with one attached hydrogen (secondary N) is 2. The van der Waals surface area contributed by atoms with Gasteiger partial charge in [0.1, 0.15) is 22.2 Å². The van der Waals surface area contributed by atoms with Gasteiger partial charge >= 0.3 is 0 Å². The molecule has 0 saturated carbocycles. The van der Waals surface area contributed by atoms with E-state index in [9.17, 15) is 17.2 Å². The number of anilines is 2. The molecule has 0 aliphatic carbocycles. The summed E-state index contributed by atoms with van der Waals surface area (Å²) in [4.78, 5) is 5.81. The van der Waals surface area contributed by atoms with Crippen LogP contribution in [0.1, 0.15) is 0 Å². The fourth-order valence-corrected chi connectivity index (χ4v) is 5.18. The monoisotopic (exact) mass is 500 g/mol. The van der Waals surface area contributed by atoms with E-state index in [-0.39, 0.29) is 11.6 Å². The number of hydrogen-bond acceptors (Lipinski definition) is 7. The fraction of sp³-hybridized carbons (Fsp3) is 0.217. The maximum absolute atomic E-state index is 14.2. The van der Waals surface area contributed by atoms with Crippen LogP contribution >= 0.6 is 0 Å². The van der Waals surface area contributed by atoms with Crippen LogP contribution in [0.4, 0.5) is 20.2 Å². The van der Waals surface area contributed by atoms with Crippen LogP contribution in [0.5, 0.6) is 5.88 Å². The van der Waals surface area contributed by atoms with Crippen LogP contribution in [0, 0.1) is 11.6 Å². The van der Waals surface area contributed by atoms with Gasteiger partial charge in [0, 0.05) is 62.0 Å². The first-order chi connectivity index (χ1) is 16.9. The normalized spacial score (nSPS) is 14.3. The molecule has 182 valence electrons. The number of methoxy groups -OCH3 is 1. The predicted molar refractivity (Wildman–Crippen MR) is 127 cm³/mol. The second-order valence-electron chi connectivity index (χ2n) is 7.97. The Balaban J connectivity index is 1.52. The summed E-state index contributed by atoms with van der Waals surface area (Å²) in [6.07, 6.45) is 5.11. The number of fused-ring (bicyclic) bond motifs is 1. The molecule has 9 nitrogen and oxygen atoms in total. The van der Waals surface area contributed by atoms with Gasteiger partial charge in [-0.1, -0.05) is 0 Å². The van der Waals surface area contributed by atoms with Crippen molar-refractivity contribution in [2.75, 3.05) is 42.9 Å². The molecule has 0 spiro atoms. The minimum absolute atomic E-state index is 0.00300. The number of halogens is 2. The van der Waals surface area contributed by atoms with Gasteiger partial charge in [0.05, 0.1) is 18.3 Å². The molecule has 1 fully saturated rings. The largest absolute Gasteiger partial charge is 0.480 e. The molecule has 35 heavy (non-hydrogen) atoms. The van der Waals surface area contributed by atoms with Gasteiger partial charge in [-0.2, -0.15) is 5.10 Å². The second-order valence-corrected chi connectivity index (χ2v) is 9.62. The molecule has 12 heteroatoms. The molecule has 1 aliphatic heterocycles. The molecule has 2 N–H and O–H groups in total. The zero-order chi connectivity index (χ0) is 24.6. The predicted octanol–water partition coefficient (Wildman–Crippen LogP) is 2.89. The molecule has 4 heterocycles. The lowest BCUT2D eigenvalue weighted by atomic mass is 10.1. The number of nitrogens with zero attached hydrogens (tertiary/aromatic N) is 4. The van der Waals surface area contributed by atoms with E-state index >= 15 is 0 Å². The third-order valence-electron chi connectivity index (χ3n) is 5.75. The molecular weight excluding hydrogens is 478 g/mol. The summed E-state index contributed by atoms with van der Waals surface area (Å²) in [5.41, 5.74) is 3.31. The number of ether oxygens (including phenoxy) is 1. The topological polar surface area (TPSA) is 101 Å². The summed E-state index contributed by atoms with van der Waals surface area (Å²) in [6.45, 7) is 3.53. The summed E-state index contributed by atoms with van der Waals surface area (Å²) in [6, 6.07) is 7.71. The van der Waals surface area contributed by atoms with E-state index in [0.29, 0.717) is 11.6 Å². The summed E-state index contributed by atoms with van der Waals surface area (Å²) in [5, 5.41) is 7.74. The smallest absolute Gasteiger partial charge is 0.264 e. The Labute approximate surface area is 200 Å². The number of pyridine rings is 1. The summed E-state index contributed by atoms with van der Waals surface area (Å²) >= 11 is 0. The van der Waals surface area contributed by atoms with Crippen molar-refractivity contribution in [3.63, 3.8) is 0 Å². The second kappa shape index (κ2) is 9.12. The maximum Gasteiger partial charge on any atom is 0.264 e. The highest BCUT2D eigenvalue weighted by Gasteiger charge is 2.23. The highest BCUT2D eigenvalue weighted by molar-refractivity contribution is 7.92. The van der Waals surface area contributed by atoms with Crippen molar-refractivity contribution >= 4 is 26.9 Å². The van der Waals surface area contributed by atoms with Crippen LogP contribution < -0.4 is 19.7 Å². The molecule has 0 amide bonds. The van der Waals surface area contributed by atoms with Gasteiger partial charge in [0.15, 0.2) is 0 Å². The van der Waals surface area contributed by atoms with Crippen LogP contribution in [0.15, 0.2) is 59.9 Å². The highest BCUT2D eigenvalue weighted by atomic mass is 32.2. The quantitative estimate of drug-likeness (QED) is 0.420. The summed E-state index contributed by atoms with van der Waals surface area (Å²) in [5.74, 6) is -2.08. The summed E-state index contributed by atoms with van der Waals surface area (Å²) in [7, 11) is -3.04. The Kier molecular flexibility index (Phi) is 5.99. The van der Waals surface area contributed by atoms with Crippen LogP contribution in [0.2, 0.25) is 0 Å². The average Bonchev–Trinajstić information content (AvgIpc) is 3.28. The van der Waals surface area contributed by atoms with Crippen molar-refractivity contribution in [3.05, 3.63) is 66.6 Å². The first-order valence-corrected chi connectivity index (χ1v) is 12.3. The third kappa shape index (κ3) is 4.49. The van der Waals surface area contributed by atoms with E-state index < -0.39 is 26.6 Å². The fourth-order valence-electron chi connectivity index (χ4n) is 4.07. The zero-order valence-corrected chi connectivity index (χ0v) is 19.5. The lowest BCUT2D eigenvalue weighted by molar-refractivity contribution is 0.400. The van der Waals surface area contributed by atoms with E-state index in [1.807, 2.05) is 18.3 Å². The highest BCUT2D eigenvalue weighted by Crippen LogP contribution is 2.33. The van der Waals surface area contributed by atoms with Crippen LogP contribution in [0.25, 0.3) is 16.6 Å². The Bertz CT molecular complexity index is 1500. The van der Waals surface area contributed by atoms with E-state index in [0.717, 1.165) is 55.1 Å². The molecule has 0 atom stereocenters. The van der Waals surface area contributed by atoms with Crippen molar-refractivity contribution < 1.29 is 21.9 Å². The van der Waals surface area contributed by atoms with E-state index in [4.69, 9.17) is 4.74 Å². The first-order valence-electron chi connectivity index (χ1n) is 10.8. The van der Waals surface area contributed by atoms with E-state index in [1.54, 1.807) is 23.0 Å². The van der Waals surface area contributed by atoms with Crippen molar-refractivity contribution in [2.24, 2.45) is 0 Å². The lowest BCUT2D eigenvalue weighted by Gasteiger charge is -2.29. The molecule has 0 unspecified atom stereocenters. The Morgan fingerprint density at radius 3 is 2.63 bits per heavy atom. The van der Waals surface area contributed by atoms with Gasteiger partial charge in [-0.15, -0.1) is 0 Å². The Morgan fingerprint density at radius 1 is 1.09 bits per heavy atom. The molecular formula is C23H22F2N6O3S. The SMILES string of the molecule is COc1ncc(-c2cc3c(N4CCNCC4)ccnn3c2)cc1NS(=O)(=O)c1ccc(F)cc1F. The number of benzene rings is 1. The number of rotatable bonds is 6. The minimum Gasteiger partial charge on any atom is -0.480 e. The van der Waals surface area contributed by atoms with E-state index in [2.05, 4.69) is 25.0 Å². The number of aromatic nitrogens is 3. The van der Waals surface area contributed by atoms with Gasteiger partial charge in [0.25, 0.3) is 10.0 Å². The zero-order valence-electron chi connectivity index (χ0n) is 18.7.